The van der Waals surface area contributed by atoms with Gasteiger partial charge in [0.1, 0.15) is 12.4 Å². The number of hydrogen-bond acceptors (Lipinski definition) is 4. The van der Waals surface area contributed by atoms with Gasteiger partial charge in [-0.1, -0.05) is 12.1 Å². The summed E-state index contributed by atoms with van der Waals surface area (Å²) < 4.78 is 11.1. The molecule has 0 unspecified atom stereocenters. The Kier molecular flexibility index (Phi) is 4.84. The van der Waals surface area contributed by atoms with Crippen LogP contribution in [0.15, 0.2) is 24.3 Å². The fourth-order valence-electron chi connectivity index (χ4n) is 4.53. The molecule has 27 heavy (non-hydrogen) atoms. The van der Waals surface area contributed by atoms with E-state index in [0.29, 0.717) is 0 Å². The standard InChI is InChI=1S/C21H28N2O4/c1-13-4-5-14(2)22(13)21(25)20-19(15-6-10-17(26-3)11-7-15)23(16-8-9-16)18(24)12-27-20/h6-7,10-11,13-14,16,19-20H,4-5,8-9,12H2,1-3H3/t13-,14+,19-,20+/m1/s1. The number of morpholine rings is 1. The molecule has 3 aliphatic rings. The summed E-state index contributed by atoms with van der Waals surface area (Å²) >= 11 is 0. The molecule has 0 N–H and O–H groups in total. The quantitative estimate of drug-likeness (QED) is 0.815. The van der Waals surface area contributed by atoms with Crippen LogP contribution in [0.4, 0.5) is 0 Å². The Morgan fingerprint density at radius 3 is 2.26 bits per heavy atom. The zero-order valence-corrected chi connectivity index (χ0v) is 16.3. The van der Waals surface area contributed by atoms with E-state index in [1.54, 1.807) is 7.11 Å². The zero-order chi connectivity index (χ0) is 19.1. The fraction of sp³-hybridized carbons (Fsp3) is 0.619. The number of ether oxygens (including phenoxy) is 2. The molecule has 6 nitrogen and oxygen atoms in total. The number of hydrogen-bond donors (Lipinski definition) is 0. The van der Waals surface area contributed by atoms with E-state index in [0.717, 1.165) is 37.0 Å². The van der Waals surface area contributed by atoms with E-state index in [-0.39, 0.29) is 42.6 Å². The smallest absolute Gasteiger partial charge is 0.254 e. The lowest BCUT2D eigenvalue weighted by atomic mass is 9.96. The van der Waals surface area contributed by atoms with E-state index in [9.17, 15) is 9.59 Å². The summed E-state index contributed by atoms with van der Waals surface area (Å²) in [5, 5.41) is 0. The van der Waals surface area contributed by atoms with Crippen LogP contribution in [0.3, 0.4) is 0 Å². The van der Waals surface area contributed by atoms with Crippen LogP contribution in [0.5, 0.6) is 5.75 Å². The van der Waals surface area contributed by atoms with Gasteiger partial charge in [-0.3, -0.25) is 9.59 Å². The first kappa shape index (κ1) is 18.3. The molecule has 2 aliphatic heterocycles. The maximum absolute atomic E-state index is 13.5. The summed E-state index contributed by atoms with van der Waals surface area (Å²) in [6.07, 6.45) is 3.36. The van der Waals surface area contributed by atoms with Crippen molar-refractivity contribution in [1.29, 1.82) is 0 Å². The lowest BCUT2D eigenvalue weighted by molar-refractivity contribution is -0.171. The van der Waals surface area contributed by atoms with E-state index in [4.69, 9.17) is 9.47 Å². The highest BCUT2D eigenvalue weighted by atomic mass is 16.5. The van der Waals surface area contributed by atoms with Gasteiger partial charge in [0, 0.05) is 18.1 Å². The number of benzene rings is 1. The first-order valence-electron chi connectivity index (χ1n) is 9.90. The molecule has 2 saturated heterocycles. The molecule has 2 heterocycles. The predicted molar refractivity (Wildman–Crippen MR) is 100 cm³/mol. The minimum absolute atomic E-state index is 0.00599. The molecule has 4 atom stereocenters. The third-order valence-corrected chi connectivity index (χ3v) is 6.11. The number of nitrogens with zero attached hydrogens (tertiary/aromatic N) is 2. The third-order valence-electron chi connectivity index (χ3n) is 6.11. The number of methoxy groups -OCH3 is 1. The molecule has 1 aromatic carbocycles. The predicted octanol–water partition coefficient (Wildman–Crippen LogP) is 2.53. The zero-order valence-electron chi connectivity index (χ0n) is 16.3. The van der Waals surface area contributed by atoms with Crippen molar-refractivity contribution in [2.75, 3.05) is 13.7 Å². The van der Waals surface area contributed by atoms with E-state index in [2.05, 4.69) is 13.8 Å². The van der Waals surface area contributed by atoms with Gasteiger partial charge in [0.2, 0.25) is 5.91 Å². The highest BCUT2D eigenvalue weighted by Crippen LogP contribution is 2.41. The van der Waals surface area contributed by atoms with Crippen LogP contribution in [0.25, 0.3) is 0 Å². The second-order valence-corrected chi connectivity index (χ2v) is 8.00. The Labute approximate surface area is 160 Å². The van der Waals surface area contributed by atoms with Crippen LogP contribution in [0, 0.1) is 0 Å². The SMILES string of the molecule is COc1ccc([C@@H]2[C@@H](C(=O)N3[C@H](C)CC[C@@H]3C)OCC(=O)N2C2CC2)cc1. The van der Waals surface area contributed by atoms with Crippen molar-refractivity contribution in [3.8, 4) is 5.75 Å². The highest BCUT2D eigenvalue weighted by molar-refractivity contribution is 5.87. The number of likely N-dealkylation sites (tertiary alicyclic amines) is 1. The van der Waals surface area contributed by atoms with Crippen LogP contribution in [0.2, 0.25) is 0 Å². The molecule has 1 saturated carbocycles. The minimum atomic E-state index is -0.653. The number of amides is 2. The van der Waals surface area contributed by atoms with Gasteiger partial charge in [-0.15, -0.1) is 0 Å². The molecule has 0 spiro atoms. The summed E-state index contributed by atoms with van der Waals surface area (Å²) in [5.41, 5.74) is 0.925. The van der Waals surface area contributed by atoms with Crippen molar-refractivity contribution >= 4 is 11.8 Å². The first-order valence-corrected chi connectivity index (χ1v) is 9.90. The molecular formula is C21H28N2O4. The molecule has 1 aromatic rings. The van der Waals surface area contributed by atoms with E-state index in [1.165, 1.54) is 0 Å². The Hall–Kier alpha value is -2.08. The van der Waals surface area contributed by atoms with E-state index in [1.807, 2.05) is 34.1 Å². The maximum Gasteiger partial charge on any atom is 0.254 e. The highest BCUT2D eigenvalue weighted by Gasteiger charge is 2.49. The van der Waals surface area contributed by atoms with E-state index >= 15 is 0 Å². The maximum atomic E-state index is 13.5. The van der Waals surface area contributed by atoms with Gasteiger partial charge in [0.15, 0.2) is 6.10 Å². The van der Waals surface area contributed by atoms with Crippen molar-refractivity contribution in [3.05, 3.63) is 29.8 Å². The molecule has 1 aliphatic carbocycles. The van der Waals surface area contributed by atoms with Crippen LogP contribution < -0.4 is 4.74 Å². The Morgan fingerprint density at radius 2 is 1.70 bits per heavy atom. The lowest BCUT2D eigenvalue weighted by Gasteiger charge is -2.43. The van der Waals surface area contributed by atoms with Gasteiger partial charge in [-0.25, -0.2) is 0 Å². The van der Waals surface area contributed by atoms with Crippen molar-refractivity contribution < 1.29 is 19.1 Å². The van der Waals surface area contributed by atoms with Gasteiger partial charge in [0.05, 0.1) is 13.2 Å². The number of rotatable bonds is 4. The van der Waals surface area contributed by atoms with Crippen LogP contribution in [-0.4, -0.2) is 59.6 Å². The van der Waals surface area contributed by atoms with Crippen LogP contribution in [0.1, 0.15) is 51.1 Å². The van der Waals surface area contributed by atoms with Crippen molar-refractivity contribution in [1.82, 2.24) is 9.80 Å². The largest absolute Gasteiger partial charge is 0.497 e. The molecule has 3 fully saturated rings. The average molecular weight is 372 g/mol. The molecule has 0 bridgehead atoms. The molecule has 0 radical (unpaired) electrons. The summed E-state index contributed by atoms with van der Waals surface area (Å²) in [5.74, 6) is 0.737. The van der Waals surface area contributed by atoms with Crippen molar-refractivity contribution in [3.63, 3.8) is 0 Å². The second-order valence-electron chi connectivity index (χ2n) is 8.00. The summed E-state index contributed by atoms with van der Waals surface area (Å²) in [6.45, 7) is 4.17. The van der Waals surface area contributed by atoms with Crippen molar-refractivity contribution in [2.45, 2.75) is 69.8 Å². The van der Waals surface area contributed by atoms with Gasteiger partial charge < -0.3 is 19.3 Å². The summed E-state index contributed by atoms with van der Waals surface area (Å²) in [6, 6.07) is 7.90. The molecule has 6 heteroatoms. The van der Waals surface area contributed by atoms with Gasteiger partial charge in [-0.2, -0.15) is 0 Å². The molecule has 146 valence electrons. The molecule has 4 rings (SSSR count). The van der Waals surface area contributed by atoms with Crippen LogP contribution in [-0.2, 0) is 14.3 Å². The molecular weight excluding hydrogens is 344 g/mol. The van der Waals surface area contributed by atoms with Gasteiger partial charge in [-0.05, 0) is 57.2 Å². The normalized spacial score (nSPS) is 31.3. The monoisotopic (exact) mass is 372 g/mol. The first-order chi connectivity index (χ1) is 13.0. The third kappa shape index (κ3) is 3.31. The minimum Gasteiger partial charge on any atom is -0.497 e. The van der Waals surface area contributed by atoms with Gasteiger partial charge in [0.25, 0.3) is 5.91 Å². The summed E-state index contributed by atoms with van der Waals surface area (Å²) in [7, 11) is 1.63. The fourth-order valence-corrected chi connectivity index (χ4v) is 4.53. The Balaban J connectivity index is 1.69. The van der Waals surface area contributed by atoms with E-state index < -0.39 is 6.10 Å². The number of carbonyl (C=O) groups excluding carboxylic acids is 2. The summed E-state index contributed by atoms with van der Waals surface area (Å²) in [4.78, 5) is 30.0. The topological polar surface area (TPSA) is 59.1 Å². The number of carbonyl (C=O) groups is 2. The Morgan fingerprint density at radius 1 is 1.07 bits per heavy atom. The average Bonchev–Trinajstić information content (AvgIpc) is 3.45. The Bertz CT molecular complexity index is 705. The molecule has 0 aromatic heterocycles. The lowest BCUT2D eigenvalue weighted by Crippen LogP contribution is -2.57. The molecule has 2 amide bonds. The van der Waals surface area contributed by atoms with Crippen LogP contribution >= 0.6 is 0 Å². The van der Waals surface area contributed by atoms with Crippen molar-refractivity contribution in [2.24, 2.45) is 0 Å². The van der Waals surface area contributed by atoms with Gasteiger partial charge >= 0.3 is 0 Å². The second kappa shape index (κ2) is 7.15.